The molecule has 0 bridgehead atoms. The molecule has 0 heterocycles. The Hall–Kier alpha value is -2.37. The van der Waals surface area contributed by atoms with E-state index in [9.17, 15) is 27.9 Å². The van der Waals surface area contributed by atoms with Gasteiger partial charge in [-0.25, -0.2) is 0 Å². The van der Waals surface area contributed by atoms with Crippen LogP contribution in [-0.4, -0.2) is 62.1 Å². The summed E-state index contributed by atoms with van der Waals surface area (Å²) in [6.45, 7) is 2.73. The number of amides is 2. The maximum atomic E-state index is 13.0. The number of rotatable bonds is 10. The molecule has 0 radical (unpaired) electrons. The monoisotopic (exact) mass is 435 g/mol. The van der Waals surface area contributed by atoms with Crippen molar-refractivity contribution >= 4 is 11.8 Å². The molecule has 0 saturated heterocycles. The zero-order chi connectivity index (χ0) is 23.1. The van der Waals surface area contributed by atoms with Crippen LogP contribution in [0, 0.1) is 5.92 Å². The van der Waals surface area contributed by atoms with E-state index in [2.05, 4.69) is 10.6 Å². The van der Waals surface area contributed by atoms with Crippen LogP contribution in [0.2, 0.25) is 0 Å². The second-order valence-electron chi connectivity index (χ2n) is 7.04. The van der Waals surface area contributed by atoms with E-state index in [4.69, 9.17) is 15.2 Å². The summed E-state index contributed by atoms with van der Waals surface area (Å²) < 4.78 is 48.9. The van der Waals surface area contributed by atoms with Gasteiger partial charge in [-0.05, 0) is 23.6 Å². The van der Waals surface area contributed by atoms with Gasteiger partial charge in [0, 0.05) is 7.11 Å². The molecule has 0 spiro atoms. The maximum Gasteiger partial charge on any atom is 0.416 e. The Bertz CT molecular complexity index is 698. The molecule has 8 nitrogen and oxygen atoms in total. The standard InChI is InChI=1S/C19H28F3N3O5/c1-10(2)14(16(26)19(20,21)22)24-18(28)15(25-17(27)13(23)9-29-3)11-5-7-12(30-4)8-6-11/h5-8,10,13-16,26H,9,23H2,1-4H3,(H,24,28)(H,25,27). The highest BCUT2D eigenvalue weighted by Gasteiger charge is 2.45. The molecule has 1 aromatic rings. The molecule has 1 aromatic carbocycles. The first kappa shape index (κ1) is 25.7. The summed E-state index contributed by atoms with van der Waals surface area (Å²) in [5.41, 5.74) is 5.96. The van der Waals surface area contributed by atoms with E-state index >= 15 is 0 Å². The Morgan fingerprint density at radius 3 is 2.10 bits per heavy atom. The number of nitrogens with two attached hydrogens (primary N) is 1. The lowest BCUT2D eigenvalue weighted by Crippen LogP contribution is -2.56. The molecule has 0 fully saturated rings. The fraction of sp³-hybridized carbons (Fsp3) is 0.579. The quantitative estimate of drug-likeness (QED) is 0.433. The van der Waals surface area contributed by atoms with Crippen LogP contribution in [0.3, 0.4) is 0 Å². The van der Waals surface area contributed by atoms with Crippen molar-refractivity contribution < 1.29 is 37.3 Å². The molecule has 0 aliphatic rings. The second-order valence-corrected chi connectivity index (χ2v) is 7.04. The lowest BCUT2D eigenvalue weighted by Gasteiger charge is -2.31. The normalized spacial score (nSPS) is 15.8. The number of hydrogen-bond donors (Lipinski definition) is 4. The van der Waals surface area contributed by atoms with E-state index in [0.717, 1.165) is 0 Å². The van der Waals surface area contributed by atoms with Crippen LogP contribution in [0.4, 0.5) is 13.2 Å². The zero-order valence-corrected chi connectivity index (χ0v) is 17.2. The van der Waals surface area contributed by atoms with Crippen LogP contribution in [0.15, 0.2) is 24.3 Å². The fourth-order valence-corrected chi connectivity index (χ4v) is 2.66. The van der Waals surface area contributed by atoms with Crippen LogP contribution in [0.1, 0.15) is 25.5 Å². The molecule has 2 amide bonds. The first-order valence-electron chi connectivity index (χ1n) is 9.16. The number of methoxy groups -OCH3 is 2. The first-order chi connectivity index (χ1) is 13.9. The van der Waals surface area contributed by atoms with Crippen LogP contribution in [0.25, 0.3) is 0 Å². The van der Waals surface area contributed by atoms with E-state index in [0.29, 0.717) is 5.75 Å². The number of ether oxygens (including phenoxy) is 2. The Morgan fingerprint density at radius 2 is 1.67 bits per heavy atom. The van der Waals surface area contributed by atoms with Crippen LogP contribution in [-0.2, 0) is 14.3 Å². The average Bonchev–Trinajstić information content (AvgIpc) is 2.68. The summed E-state index contributed by atoms with van der Waals surface area (Å²) in [4.78, 5) is 25.2. The van der Waals surface area contributed by atoms with E-state index in [1.807, 2.05) is 0 Å². The topological polar surface area (TPSA) is 123 Å². The van der Waals surface area contributed by atoms with E-state index in [1.165, 1.54) is 52.3 Å². The van der Waals surface area contributed by atoms with Crippen molar-refractivity contribution in [1.29, 1.82) is 0 Å². The van der Waals surface area contributed by atoms with Gasteiger partial charge in [0.05, 0.1) is 19.8 Å². The molecule has 1 rings (SSSR count). The summed E-state index contributed by atoms with van der Waals surface area (Å²) >= 11 is 0. The van der Waals surface area contributed by atoms with Crippen molar-refractivity contribution in [2.24, 2.45) is 11.7 Å². The number of hydrogen-bond acceptors (Lipinski definition) is 6. The fourth-order valence-electron chi connectivity index (χ4n) is 2.66. The minimum Gasteiger partial charge on any atom is -0.497 e. The summed E-state index contributed by atoms with van der Waals surface area (Å²) in [5, 5.41) is 14.3. The van der Waals surface area contributed by atoms with Crippen molar-refractivity contribution in [1.82, 2.24) is 10.6 Å². The highest BCUT2D eigenvalue weighted by molar-refractivity contribution is 5.90. The number of aliphatic hydroxyl groups is 1. The molecule has 4 atom stereocenters. The molecule has 0 aliphatic heterocycles. The largest absolute Gasteiger partial charge is 0.497 e. The Labute approximate surface area is 172 Å². The van der Waals surface area contributed by atoms with E-state index in [-0.39, 0.29) is 12.2 Å². The number of carbonyl (C=O) groups is 2. The third-order valence-corrected chi connectivity index (χ3v) is 4.38. The third-order valence-electron chi connectivity index (χ3n) is 4.38. The van der Waals surface area contributed by atoms with Gasteiger partial charge in [0.1, 0.15) is 17.8 Å². The predicted molar refractivity (Wildman–Crippen MR) is 103 cm³/mol. The minimum atomic E-state index is -4.93. The average molecular weight is 435 g/mol. The number of carbonyl (C=O) groups excluding carboxylic acids is 2. The highest BCUT2D eigenvalue weighted by Crippen LogP contribution is 2.26. The van der Waals surface area contributed by atoms with Gasteiger partial charge in [-0.3, -0.25) is 9.59 Å². The second kappa shape index (κ2) is 11.1. The van der Waals surface area contributed by atoms with Crippen molar-refractivity contribution in [3.8, 4) is 5.75 Å². The predicted octanol–water partition coefficient (Wildman–Crippen LogP) is 0.890. The van der Waals surface area contributed by atoms with E-state index in [1.54, 1.807) is 0 Å². The van der Waals surface area contributed by atoms with Crippen molar-refractivity contribution in [2.75, 3.05) is 20.8 Å². The number of nitrogens with one attached hydrogen (secondary N) is 2. The van der Waals surface area contributed by atoms with Gasteiger partial charge in [-0.15, -0.1) is 0 Å². The van der Waals surface area contributed by atoms with Gasteiger partial charge >= 0.3 is 6.18 Å². The SMILES string of the molecule is COCC(N)C(=O)NC(C(=O)NC(C(C)C)C(O)C(F)(F)F)c1ccc(OC)cc1. The van der Waals surface area contributed by atoms with Gasteiger partial charge in [-0.1, -0.05) is 26.0 Å². The highest BCUT2D eigenvalue weighted by atomic mass is 19.4. The molecule has 11 heteroatoms. The summed E-state index contributed by atoms with van der Waals surface area (Å²) in [7, 11) is 2.78. The molecule has 170 valence electrons. The van der Waals surface area contributed by atoms with Crippen LogP contribution < -0.4 is 21.1 Å². The Morgan fingerprint density at radius 1 is 1.10 bits per heavy atom. The summed E-state index contributed by atoms with van der Waals surface area (Å²) in [6, 6.07) is 1.95. The van der Waals surface area contributed by atoms with Crippen LogP contribution in [0.5, 0.6) is 5.75 Å². The number of aliphatic hydroxyl groups excluding tert-OH is 1. The van der Waals surface area contributed by atoms with Crippen LogP contribution >= 0.6 is 0 Å². The molecule has 0 aromatic heterocycles. The van der Waals surface area contributed by atoms with Gasteiger partial charge in [0.25, 0.3) is 0 Å². The molecular weight excluding hydrogens is 407 g/mol. The molecule has 4 unspecified atom stereocenters. The molecule has 0 aliphatic carbocycles. The molecule has 0 saturated carbocycles. The maximum absolute atomic E-state index is 13.0. The lowest BCUT2D eigenvalue weighted by atomic mass is 9.96. The van der Waals surface area contributed by atoms with Gasteiger partial charge < -0.3 is 30.9 Å². The van der Waals surface area contributed by atoms with Crippen molar-refractivity contribution in [3.63, 3.8) is 0 Å². The zero-order valence-electron chi connectivity index (χ0n) is 17.2. The molecule has 30 heavy (non-hydrogen) atoms. The van der Waals surface area contributed by atoms with Crippen molar-refractivity contribution in [3.05, 3.63) is 29.8 Å². The third kappa shape index (κ3) is 7.15. The van der Waals surface area contributed by atoms with Gasteiger partial charge in [-0.2, -0.15) is 13.2 Å². The first-order valence-corrected chi connectivity index (χ1v) is 9.16. The Kier molecular flexibility index (Phi) is 9.53. The number of benzene rings is 1. The molecular formula is C19H28F3N3O5. The Balaban J connectivity index is 3.17. The number of alkyl halides is 3. The smallest absolute Gasteiger partial charge is 0.416 e. The number of halogens is 3. The lowest BCUT2D eigenvalue weighted by molar-refractivity contribution is -0.215. The van der Waals surface area contributed by atoms with Crippen molar-refractivity contribution in [2.45, 2.75) is 44.3 Å². The van der Waals surface area contributed by atoms with Gasteiger partial charge in [0.2, 0.25) is 11.8 Å². The summed E-state index contributed by atoms with van der Waals surface area (Å²) in [5.74, 6) is -1.92. The summed E-state index contributed by atoms with van der Waals surface area (Å²) in [6.07, 6.45) is -7.70. The minimum absolute atomic E-state index is 0.121. The molecule has 5 N–H and O–H groups in total. The van der Waals surface area contributed by atoms with Gasteiger partial charge in [0.15, 0.2) is 6.10 Å². The van der Waals surface area contributed by atoms with E-state index < -0.39 is 48.1 Å².